The molecule has 2 aromatic heterocycles. The summed E-state index contributed by atoms with van der Waals surface area (Å²) in [6, 6.07) is 14.5. The summed E-state index contributed by atoms with van der Waals surface area (Å²) >= 11 is 1.75. The van der Waals surface area contributed by atoms with E-state index in [1.54, 1.807) is 11.8 Å². The normalized spacial score (nSPS) is 10.9. The van der Waals surface area contributed by atoms with Crippen LogP contribution in [0.1, 0.15) is 12.7 Å². The van der Waals surface area contributed by atoms with Gasteiger partial charge < -0.3 is 0 Å². The van der Waals surface area contributed by atoms with E-state index >= 15 is 0 Å². The molecule has 3 rings (SSSR count). The van der Waals surface area contributed by atoms with Crippen molar-refractivity contribution in [3.63, 3.8) is 0 Å². The second-order valence-corrected chi connectivity index (χ2v) is 5.12. The van der Waals surface area contributed by atoms with Crippen molar-refractivity contribution < 1.29 is 0 Å². The molecule has 3 aromatic rings. The Labute approximate surface area is 110 Å². The molecule has 0 unspecified atom stereocenters. The Morgan fingerprint density at radius 1 is 1.00 bits per heavy atom. The first-order valence-corrected chi connectivity index (χ1v) is 6.75. The minimum absolute atomic E-state index is 0.890. The van der Waals surface area contributed by atoms with E-state index in [-0.39, 0.29) is 0 Å². The van der Waals surface area contributed by atoms with Crippen LogP contribution in [0.3, 0.4) is 0 Å². The summed E-state index contributed by atoms with van der Waals surface area (Å²) in [5.74, 6) is 1.00. The lowest BCUT2D eigenvalue weighted by molar-refractivity contribution is 0.903. The maximum atomic E-state index is 4.17. The van der Waals surface area contributed by atoms with Crippen LogP contribution >= 0.6 is 11.8 Å². The van der Waals surface area contributed by atoms with Crippen molar-refractivity contribution in [3.8, 4) is 0 Å². The van der Waals surface area contributed by atoms with Gasteiger partial charge in [-0.1, -0.05) is 36.9 Å². The monoisotopic (exact) mass is 255 g/mol. The van der Waals surface area contributed by atoms with Gasteiger partial charge in [-0.25, -0.2) is 0 Å². The first kappa shape index (κ1) is 11.3. The SMILES string of the molecule is CCc1nnc2ccc(Sc3ccccc3)cn12. The molecule has 0 spiro atoms. The highest BCUT2D eigenvalue weighted by atomic mass is 32.2. The molecule has 0 radical (unpaired) electrons. The molecule has 0 aliphatic heterocycles. The summed E-state index contributed by atoms with van der Waals surface area (Å²) in [5.41, 5.74) is 0.907. The highest BCUT2D eigenvalue weighted by Gasteiger charge is 2.04. The highest BCUT2D eigenvalue weighted by molar-refractivity contribution is 7.99. The second kappa shape index (κ2) is 4.82. The van der Waals surface area contributed by atoms with Gasteiger partial charge in [-0.05, 0) is 24.3 Å². The van der Waals surface area contributed by atoms with Gasteiger partial charge in [0, 0.05) is 22.4 Å². The zero-order valence-corrected chi connectivity index (χ0v) is 10.9. The van der Waals surface area contributed by atoms with Crippen LogP contribution in [0.25, 0.3) is 5.65 Å². The van der Waals surface area contributed by atoms with E-state index in [4.69, 9.17) is 0 Å². The zero-order chi connectivity index (χ0) is 12.4. The average Bonchev–Trinajstić information content (AvgIpc) is 2.82. The second-order valence-electron chi connectivity index (χ2n) is 3.98. The molecular weight excluding hydrogens is 242 g/mol. The Morgan fingerprint density at radius 2 is 1.83 bits per heavy atom. The van der Waals surface area contributed by atoms with Gasteiger partial charge in [0.05, 0.1) is 0 Å². The molecule has 0 N–H and O–H groups in total. The predicted octanol–water partition coefficient (Wildman–Crippen LogP) is 3.44. The molecule has 90 valence electrons. The quantitative estimate of drug-likeness (QED) is 0.718. The van der Waals surface area contributed by atoms with E-state index in [1.165, 1.54) is 9.79 Å². The molecule has 3 nitrogen and oxygen atoms in total. The maximum absolute atomic E-state index is 4.17. The van der Waals surface area contributed by atoms with Crippen molar-refractivity contribution in [2.24, 2.45) is 0 Å². The van der Waals surface area contributed by atoms with Gasteiger partial charge in [-0.3, -0.25) is 4.40 Å². The number of aromatic nitrogens is 3. The van der Waals surface area contributed by atoms with Gasteiger partial charge in [0.15, 0.2) is 5.65 Å². The molecule has 0 amide bonds. The van der Waals surface area contributed by atoms with Gasteiger partial charge in [0.1, 0.15) is 5.82 Å². The van der Waals surface area contributed by atoms with Gasteiger partial charge in [0.2, 0.25) is 0 Å². The van der Waals surface area contributed by atoms with Crippen LogP contribution in [-0.4, -0.2) is 14.6 Å². The van der Waals surface area contributed by atoms with Gasteiger partial charge >= 0.3 is 0 Å². The lowest BCUT2D eigenvalue weighted by atomic mass is 10.4. The van der Waals surface area contributed by atoms with Crippen LogP contribution < -0.4 is 0 Å². The average molecular weight is 255 g/mol. The summed E-state index contributed by atoms with van der Waals surface area (Å²) in [4.78, 5) is 2.44. The van der Waals surface area contributed by atoms with Gasteiger partial charge in [-0.2, -0.15) is 0 Å². The molecule has 1 aromatic carbocycles. The molecule has 0 saturated heterocycles. The van der Waals surface area contributed by atoms with Crippen molar-refractivity contribution in [2.45, 2.75) is 23.1 Å². The van der Waals surface area contributed by atoms with Gasteiger partial charge in [0.25, 0.3) is 0 Å². The van der Waals surface area contributed by atoms with E-state index in [0.29, 0.717) is 0 Å². The van der Waals surface area contributed by atoms with Crippen molar-refractivity contribution in [3.05, 3.63) is 54.5 Å². The predicted molar refractivity (Wildman–Crippen MR) is 72.9 cm³/mol. The number of fused-ring (bicyclic) bond motifs is 1. The molecule has 2 heterocycles. The van der Waals surface area contributed by atoms with Crippen LogP contribution in [0.15, 0.2) is 58.5 Å². The fourth-order valence-electron chi connectivity index (χ4n) is 1.84. The third kappa shape index (κ3) is 2.11. The molecule has 0 aliphatic carbocycles. The third-order valence-corrected chi connectivity index (χ3v) is 3.73. The van der Waals surface area contributed by atoms with Crippen LogP contribution in [0, 0.1) is 0 Å². The molecule has 0 bridgehead atoms. The summed E-state index contributed by atoms with van der Waals surface area (Å²) < 4.78 is 2.06. The Hall–Kier alpha value is -1.81. The van der Waals surface area contributed by atoms with Crippen LogP contribution in [-0.2, 0) is 6.42 Å². The van der Waals surface area contributed by atoms with Crippen LogP contribution in [0.2, 0.25) is 0 Å². The zero-order valence-electron chi connectivity index (χ0n) is 10.1. The number of nitrogens with zero attached hydrogens (tertiary/aromatic N) is 3. The molecule has 4 heteroatoms. The van der Waals surface area contributed by atoms with Crippen molar-refractivity contribution in [1.29, 1.82) is 0 Å². The summed E-state index contributed by atoms with van der Waals surface area (Å²) in [6.45, 7) is 2.09. The summed E-state index contributed by atoms with van der Waals surface area (Å²) in [7, 11) is 0. The number of benzene rings is 1. The Bertz CT molecular complexity index is 661. The third-order valence-electron chi connectivity index (χ3n) is 2.74. The number of rotatable bonds is 3. The Kier molecular flexibility index (Phi) is 3.02. The number of hydrogen-bond donors (Lipinski definition) is 0. The molecule has 18 heavy (non-hydrogen) atoms. The number of aryl methyl sites for hydroxylation is 1. The molecular formula is C14H13N3S. The smallest absolute Gasteiger partial charge is 0.160 e. The van der Waals surface area contributed by atoms with E-state index in [1.807, 2.05) is 12.1 Å². The maximum Gasteiger partial charge on any atom is 0.160 e. The van der Waals surface area contributed by atoms with E-state index in [9.17, 15) is 0 Å². The molecule has 0 aliphatic rings. The van der Waals surface area contributed by atoms with Crippen LogP contribution in [0.4, 0.5) is 0 Å². The van der Waals surface area contributed by atoms with Gasteiger partial charge in [-0.15, -0.1) is 10.2 Å². The lowest BCUT2D eigenvalue weighted by Gasteiger charge is -2.03. The minimum atomic E-state index is 0.890. The number of hydrogen-bond acceptors (Lipinski definition) is 3. The summed E-state index contributed by atoms with van der Waals surface area (Å²) in [6.07, 6.45) is 2.99. The minimum Gasteiger partial charge on any atom is -0.285 e. The molecule has 0 fully saturated rings. The first-order valence-electron chi connectivity index (χ1n) is 5.93. The van der Waals surface area contributed by atoms with Crippen molar-refractivity contribution >= 4 is 17.4 Å². The fraction of sp³-hybridized carbons (Fsp3) is 0.143. The van der Waals surface area contributed by atoms with E-state index in [0.717, 1.165) is 17.9 Å². The van der Waals surface area contributed by atoms with E-state index in [2.05, 4.69) is 58.1 Å². The van der Waals surface area contributed by atoms with E-state index < -0.39 is 0 Å². The standard InChI is InChI=1S/C14H13N3S/c1-2-13-15-16-14-9-8-12(10-17(13)14)18-11-6-4-3-5-7-11/h3-10H,2H2,1H3. The molecule has 0 atom stereocenters. The molecule has 0 saturated carbocycles. The Morgan fingerprint density at radius 3 is 2.61 bits per heavy atom. The first-order chi connectivity index (χ1) is 8.86. The lowest BCUT2D eigenvalue weighted by Crippen LogP contribution is -1.92. The van der Waals surface area contributed by atoms with Crippen molar-refractivity contribution in [1.82, 2.24) is 14.6 Å². The highest BCUT2D eigenvalue weighted by Crippen LogP contribution is 2.27. The van der Waals surface area contributed by atoms with Crippen molar-refractivity contribution in [2.75, 3.05) is 0 Å². The number of pyridine rings is 1. The topological polar surface area (TPSA) is 30.2 Å². The Balaban J connectivity index is 1.97. The summed E-state index contributed by atoms with van der Waals surface area (Å²) in [5, 5.41) is 8.31. The fourth-order valence-corrected chi connectivity index (χ4v) is 2.70. The van der Waals surface area contributed by atoms with Crippen LogP contribution in [0.5, 0.6) is 0 Å². The largest absolute Gasteiger partial charge is 0.285 e.